The minimum absolute atomic E-state index is 0.0763. The quantitative estimate of drug-likeness (QED) is 0.729. The molecule has 6 heteroatoms. The lowest BCUT2D eigenvalue weighted by atomic mass is 10.1. The number of carbonyl (C=O) groups is 1. The molecule has 0 bridgehead atoms. The second-order valence-electron chi connectivity index (χ2n) is 5.49. The Balaban J connectivity index is 1.98. The van der Waals surface area contributed by atoms with Gasteiger partial charge in [-0.05, 0) is 38.0 Å². The molecule has 1 aromatic carbocycles. The molecule has 0 saturated carbocycles. The van der Waals surface area contributed by atoms with Gasteiger partial charge in [0.05, 0.1) is 0 Å². The van der Waals surface area contributed by atoms with Crippen LogP contribution in [0.5, 0.6) is 0 Å². The highest BCUT2D eigenvalue weighted by Gasteiger charge is 2.11. The van der Waals surface area contributed by atoms with Gasteiger partial charge in [-0.3, -0.25) is 4.79 Å². The van der Waals surface area contributed by atoms with E-state index in [1.807, 2.05) is 38.2 Å². The van der Waals surface area contributed by atoms with E-state index < -0.39 is 0 Å². The highest BCUT2D eigenvalue weighted by molar-refractivity contribution is 7.98. The third-order valence-electron chi connectivity index (χ3n) is 3.69. The van der Waals surface area contributed by atoms with Gasteiger partial charge in [0.15, 0.2) is 5.16 Å². The third kappa shape index (κ3) is 4.34. The van der Waals surface area contributed by atoms with Crippen LogP contribution in [0, 0.1) is 6.92 Å². The smallest absolute Gasteiger partial charge is 0.253 e. The molecule has 2 rings (SSSR count). The molecule has 1 amide bonds. The van der Waals surface area contributed by atoms with Crippen LogP contribution in [-0.4, -0.2) is 39.2 Å². The molecule has 0 radical (unpaired) electrons. The first kappa shape index (κ1) is 17.5. The van der Waals surface area contributed by atoms with Gasteiger partial charge in [-0.25, -0.2) is 0 Å². The molecule has 1 aromatic heterocycles. The molecule has 0 aliphatic rings. The van der Waals surface area contributed by atoms with E-state index in [-0.39, 0.29) is 5.91 Å². The van der Waals surface area contributed by atoms with Crippen LogP contribution in [0.1, 0.15) is 42.0 Å². The summed E-state index contributed by atoms with van der Waals surface area (Å²) in [6, 6.07) is 7.83. The zero-order chi connectivity index (χ0) is 16.8. The topological polar surface area (TPSA) is 51.0 Å². The van der Waals surface area contributed by atoms with Crippen molar-refractivity contribution in [3.05, 3.63) is 41.2 Å². The molecule has 0 aliphatic heterocycles. The maximum absolute atomic E-state index is 12.2. The minimum atomic E-state index is 0.0763. The average molecular weight is 332 g/mol. The zero-order valence-electron chi connectivity index (χ0n) is 14.2. The van der Waals surface area contributed by atoms with Crippen molar-refractivity contribution < 1.29 is 4.79 Å². The Labute approximate surface area is 142 Å². The fraction of sp³-hybridized carbons (Fsp3) is 0.471. The van der Waals surface area contributed by atoms with Crippen LogP contribution in [0.25, 0.3) is 0 Å². The monoisotopic (exact) mass is 332 g/mol. The summed E-state index contributed by atoms with van der Waals surface area (Å²) in [5.41, 5.74) is 1.91. The summed E-state index contributed by atoms with van der Waals surface area (Å²) in [5, 5.41) is 9.26. The van der Waals surface area contributed by atoms with E-state index in [4.69, 9.17) is 0 Å². The van der Waals surface area contributed by atoms with E-state index in [1.165, 1.54) is 5.56 Å². The standard InChI is InChI=1S/C17H24N4OS/c1-5-11-20(4)16(22)15-9-7-14(8-10-15)12-23-17-19-18-13(3)21(17)6-2/h7-10H,5-6,11-12H2,1-4H3. The number of thioether (sulfide) groups is 1. The second-order valence-corrected chi connectivity index (χ2v) is 6.43. The lowest BCUT2D eigenvalue weighted by Crippen LogP contribution is -2.27. The summed E-state index contributed by atoms with van der Waals surface area (Å²) in [5.74, 6) is 1.83. The normalized spacial score (nSPS) is 10.8. The molecule has 0 N–H and O–H groups in total. The number of benzene rings is 1. The van der Waals surface area contributed by atoms with E-state index in [0.29, 0.717) is 0 Å². The van der Waals surface area contributed by atoms with Gasteiger partial charge in [-0.1, -0.05) is 30.8 Å². The summed E-state index contributed by atoms with van der Waals surface area (Å²) in [6.07, 6.45) is 0.967. The number of hydrogen-bond acceptors (Lipinski definition) is 4. The van der Waals surface area contributed by atoms with Crippen molar-refractivity contribution in [3.63, 3.8) is 0 Å². The van der Waals surface area contributed by atoms with Crippen LogP contribution >= 0.6 is 11.8 Å². The zero-order valence-corrected chi connectivity index (χ0v) is 15.1. The number of aromatic nitrogens is 3. The Morgan fingerprint density at radius 3 is 2.52 bits per heavy atom. The fourth-order valence-corrected chi connectivity index (χ4v) is 3.38. The predicted octanol–water partition coefficient (Wildman–Crippen LogP) is 3.38. The molecule has 0 aliphatic carbocycles. The first-order chi connectivity index (χ1) is 11.1. The number of aryl methyl sites for hydroxylation is 1. The largest absolute Gasteiger partial charge is 0.342 e. The molecule has 0 atom stereocenters. The minimum Gasteiger partial charge on any atom is -0.342 e. The summed E-state index contributed by atoms with van der Waals surface area (Å²) >= 11 is 1.67. The Bertz CT molecular complexity index is 651. The number of amides is 1. The first-order valence-corrected chi connectivity index (χ1v) is 8.92. The first-order valence-electron chi connectivity index (χ1n) is 7.93. The van der Waals surface area contributed by atoms with Crippen molar-refractivity contribution in [1.82, 2.24) is 19.7 Å². The Morgan fingerprint density at radius 1 is 1.22 bits per heavy atom. The van der Waals surface area contributed by atoms with E-state index in [2.05, 4.69) is 28.6 Å². The SMILES string of the molecule is CCCN(C)C(=O)c1ccc(CSc2nnc(C)n2CC)cc1. The highest BCUT2D eigenvalue weighted by atomic mass is 32.2. The van der Waals surface area contributed by atoms with Gasteiger partial charge in [0.2, 0.25) is 0 Å². The van der Waals surface area contributed by atoms with Gasteiger partial charge in [0.25, 0.3) is 5.91 Å². The van der Waals surface area contributed by atoms with Crippen LogP contribution in [-0.2, 0) is 12.3 Å². The predicted molar refractivity (Wildman–Crippen MR) is 93.7 cm³/mol. The van der Waals surface area contributed by atoms with Crippen LogP contribution < -0.4 is 0 Å². The Morgan fingerprint density at radius 2 is 1.91 bits per heavy atom. The van der Waals surface area contributed by atoms with Crippen molar-refractivity contribution in [2.45, 2.75) is 44.6 Å². The van der Waals surface area contributed by atoms with E-state index in [1.54, 1.807) is 16.7 Å². The molecular formula is C17H24N4OS. The van der Waals surface area contributed by atoms with E-state index in [0.717, 1.165) is 41.8 Å². The third-order valence-corrected chi connectivity index (χ3v) is 4.73. The van der Waals surface area contributed by atoms with Crippen molar-refractivity contribution >= 4 is 17.7 Å². The second kappa shape index (κ2) is 8.15. The van der Waals surface area contributed by atoms with Crippen molar-refractivity contribution in [2.75, 3.05) is 13.6 Å². The van der Waals surface area contributed by atoms with Crippen molar-refractivity contribution in [3.8, 4) is 0 Å². The number of carbonyl (C=O) groups excluding carboxylic acids is 1. The van der Waals surface area contributed by atoms with Crippen LogP contribution in [0.3, 0.4) is 0 Å². The molecule has 0 spiro atoms. The summed E-state index contributed by atoms with van der Waals surface area (Å²) in [7, 11) is 1.84. The molecular weight excluding hydrogens is 308 g/mol. The number of hydrogen-bond donors (Lipinski definition) is 0. The lowest BCUT2D eigenvalue weighted by molar-refractivity contribution is 0.0795. The fourth-order valence-electron chi connectivity index (χ4n) is 2.38. The van der Waals surface area contributed by atoms with Crippen LogP contribution in [0.2, 0.25) is 0 Å². The number of rotatable bonds is 7. The maximum Gasteiger partial charge on any atom is 0.253 e. The number of nitrogens with zero attached hydrogens (tertiary/aromatic N) is 4. The van der Waals surface area contributed by atoms with E-state index >= 15 is 0 Å². The molecule has 0 fully saturated rings. The molecule has 0 saturated heterocycles. The van der Waals surface area contributed by atoms with Gasteiger partial charge < -0.3 is 9.47 Å². The van der Waals surface area contributed by atoms with Crippen LogP contribution in [0.4, 0.5) is 0 Å². The average Bonchev–Trinajstić information content (AvgIpc) is 2.92. The van der Waals surface area contributed by atoms with Gasteiger partial charge in [-0.2, -0.15) is 0 Å². The van der Waals surface area contributed by atoms with Crippen molar-refractivity contribution in [1.29, 1.82) is 0 Å². The Hall–Kier alpha value is -1.82. The molecule has 23 heavy (non-hydrogen) atoms. The maximum atomic E-state index is 12.2. The van der Waals surface area contributed by atoms with Gasteiger partial charge in [0, 0.05) is 31.5 Å². The Kier molecular flexibility index (Phi) is 6.21. The van der Waals surface area contributed by atoms with Gasteiger partial charge >= 0.3 is 0 Å². The molecule has 124 valence electrons. The van der Waals surface area contributed by atoms with Crippen LogP contribution in [0.15, 0.2) is 29.4 Å². The molecule has 1 heterocycles. The van der Waals surface area contributed by atoms with Gasteiger partial charge in [-0.15, -0.1) is 10.2 Å². The van der Waals surface area contributed by atoms with Gasteiger partial charge in [0.1, 0.15) is 5.82 Å². The summed E-state index contributed by atoms with van der Waals surface area (Å²) < 4.78 is 2.10. The summed E-state index contributed by atoms with van der Waals surface area (Å²) in [6.45, 7) is 7.78. The lowest BCUT2D eigenvalue weighted by Gasteiger charge is -2.16. The van der Waals surface area contributed by atoms with E-state index in [9.17, 15) is 4.79 Å². The molecule has 2 aromatic rings. The summed E-state index contributed by atoms with van der Waals surface area (Å²) in [4.78, 5) is 14.0. The molecule has 0 unspecified atom stereocenters. The highest BCUT2D eigenvalue weighted by Crippen LogP contribution is 2.22. The van der Waals surface area contributed by atoms with Crippen molar-refractivity contribution in [2.24, 2.45) is 0 Å². The molecule has 5 nitrogen and oxygen atoms in total.